The third-order valence-electron chi connectivity index (χ3n) is 4.81. The van der Waals surface area contributed by atoms with Gasteiger partial charge >= 0.3 is 0 Å². The molecular weight excluding hydrogens is 266 g/mol. The summed E-state index contributed by atoms with van der Waals surface area (Å²) in [5.41, 5.74) is 0. The van der Waals surface area contributed by atoms with Gasteiger partial charge in [0.05, 0.1) is 18.8 Å². The van der Waals surface area contributed by atoms with Crippen molar-refractivity contribution < 1.29 is 9.21 Å². The summed E-state index contributed by atoms with van der Waals surface area (Å²) in [5, 5.41) is 6.64. The summed E-state index contributed by atoms with van der Waals surface area (Å²) in [6, 6.07) is 5.48. The molecule has 2 bridgehead atoms. The van der Waals surface area contributed by atoms with Crippen LogP contribution in [0.15, 0.2) is 22.8 Å². The smallest absolute Gasteiger partial charge is 0.234 e. The molecule has 116 valence electrons. The van der Waals surface area contributed by atoms with Gasteiger partial charge in [-0.15, -0.1) is 0 Å². The highest BCUT2D eigenvalue weighted by Gasteiger charge is 2.35. The minimum Gasteiger partial charge on any atom is -0.467 e. The Morgan fingerprint density at radius 3 is 2.81 bits per heavy atom. The van der Waals surface area contributed by atoms with Gasteiger partial charge in [-0.05, 0) is 51.8 Å². The first-order chi connectivity index (χ1) is 10.1. The highest BCUT2D eigenvalue weighted by atomic mass is 16.3. The molecule has 0 radical (unpaired) electrons. The predicted molar refractivity (Wildman–Crippen MR) is 80.9 cm³/mol. The average Bonchev–Trinajstić information content (AvgIpc) is 3.08. The van der Waals surface area contributed by atoms with Crippen LogP contribution in [0, 0.1) is 0 Å². The Labute approximate surface area is 126 Å². The predicted octanol–water partition coefficient (Wildman–Crippen LogP) is 1.67. The van der Waals surface area contributed by atoms with Crippen molar-refractivity contribution in [2.45, 2.75) is 56.8 Å². The lowest BCUT2D eigenvalue weighted by Gasteiger charge is -2.35. The number of hydrogen-bond donors (Lipinski definition) is 2. The molecule has 5 heteroatoms. The molecule has 1 aromatic rings. The number of nitrogens with zero attached hydrogens (tertiary/aromatic N) is 1. The minimum atomic E-state index is -0.0786. The van der Waals surface area contributed by atoms with E-state index in [9.17, 15) is 4.79 Å². The molecule has 3 heterocycles. The van der Waals surface area contributed by atoms with E-state index in [1.165, 1.54) is 12.8 Å². The topological polar surface area (TPSA) is 57.5 Å². The molecule has 2 fully saturated rings. The van der Waals surface area contributed by atoms with Crippen LogP contribution < -0.4 is 10.6 Å². The SMILES string of the molecule is CC(NC(=O)CN(C)C1CC2CCC(C1)N2)c1ccco1. The summed E-state index contributed by atoms with van der Waals surface area (Å²) in [4.78, 5) is 14.4. The Bertz CT molecular complexity index is 462. The maximum Gasteiger partial charge on any atom is 0.234 e. The zero-order valence-corrected chi connectivity index (χ0v) is 12.8. The van der Waals surface area contributed by atoms with Crippen LogP contribution in [0.25, 0.3) is 0 Å². The molecule has 21 heavy (non-hydrogen) atoms. The molecule has 0 saturated carbocycles. The van der Waals surface area contributed by atoms with Gasteiger partial charge in [-0.2, -0.15) is 0 Å². The Morgan fingerprint density at radius 1 is 1.48 bits per heavy atom. The number of hydrogen-bond acceptors (Lipinski definition) is 4. The summed E-state index contributed by atoms with van der Waals surface area (Å²) in [7, 11) is 2.06. The number of amides is 1. The molecule has 1 aromatic heterocycles. The number of piperidine rings is 1. The van der Waals surface area contributed by atoms with Crippen LogP contribution in [0.4, 0.5) is 0 Å². The van der Waals surface area contributed by atoms with Gasteiger partial charge in [-0.3, -0.25) is 9.69 Å². The van der Waals surface area contributed by atoms with Gasteiger partial charge < -0.3 is 15.1 Å². The van der Waals surface area contributed by atoms with Crippen LogP contribution in [-0.4, -0.2) is 42.5 Å². The fourth-order valence-corrected chi connectivity index (χ4v) is 3.64. The summed E-state index contributed by atoms with van der Waals surface area (Å²) < 4.78 is 5.32. The molecule has 3 rings (SSSR count). The Hall–Kier alpha value is -1.33. The lowest BCUT2D eigenvalue weighted by molar-refractivity contribution is -0.123. The van der Waals surface area contributed by atoms with E-state index in [1.807, 2.05) is 19.1 Å². The van der Waals surface area contributed by atoms with Gasteiger partial charge in [0.15, 0.2) is 0 Å². The molecule has 2 saturated heterocycles. The molecule has 0 aromatic carbocycles. The first-order valence-corrected chi connectivity index (χ1v) is 7.91. The number of fused-ring (bicyclic) bond motifs is 2. The van der Waals surface area contributed by atoms with Gasteiger partial charge in [0.1, 0.15) is 5.76 Å². The fourth-order valence-electron chi connectivity index (χ4n) is 3.64. The molecule has 5 nitrogen and oxygen atoms in total. The molecule has 3 unspecified atom stereocenters. The van der Waals surface area contributed by atoms with Crippen LogP contribution in [0.1, 0.15) is 44.4 Å². The van der Waals surface area contributed by atoms with Crippen LogP contribution in [0.5, 0.6) is 0 Å². The van der Waals surface area contributed by atoms with Gasteiger partial charge in [-0.1, -0.05) is 0 Å². The minimum absolute atomic E-state index is 0.0623. The summed E-state index contributed by atoms with van der Waals surface area (Å²) >= 11 is 0. The van der Waals surface area contributed by atoms with Crippen LogP contribution >= 0.6 is 0 Å². The molecule has 0 spiro atoms. The van der Waals surface area contributed by atoms with E-state index >= 15 is 0 Å². The number of rotatable bonds is 5. The van der Waals surface area contributed by atoms with Crippen molar-refractivity contribution in [2.24, 2.45) is 0 Å². The number of likely N-dealkylation sites (N-methyl/N-ethyl adjacent to an activating group) is 1. The zero-order chi connectivity index (χ0) is 14.8. The van der Waals surface area contributed by atoms with E-state index in [-0.39, 0.29) is 11.9 Å². The number of furan rings is 1. The number of carbonyl (C=O) groups is 1. The second-order valence-electron chi connectivity index (χ2n) is 6.48. The maximum absolute atomic E-state index is 12.2. The Morgan fingerprint density at radius 2 is 2.19 bits per heavy atom. The highest BCUT2D eigenvalue weighted by molar-refractivity contribution is 5.78. The van der Waals surface area contributed by atoms with Crippen LogP contribution in [-0.2, 0) is 4.79 Å². The van der Waals surface area contributed by atoms with Crippen molar-refractivity contribution in [3.8, 4) is 0 Å². The first kappa shape index (κ1) is 14.6. The standard InChI is InChI=1S/C16H25N3O2/c1-11(15-4-3-7-21-15)17-16(20)10-19(2)14-8-12-5-6-13(9-14)18-12/h3-4,7,11-14,18H,5-6,8-10H2,1-2H3,(H,17,20). The van der Waals surface area contributed by atoms with E-state index in [1.54, 1.807) is 6.26 Å². The van der Waals surface area contributed by atoms with Gasteiger partial charge in [-0.25, -0.2) is 0 Å². The summed E-state index contributed by atoms with van der Waals surface area (Å²) in [5.74, 6) is 0.859. The third kappa shape index (κ3) is 3.47. The summed E-state index contributed by atoms with van der Waals surface area (Å²) in [6.45, 7) is 2.40. The molecule has 0 aliphatic carbocycles. The van der Waals surface area contributed by atoms with Crippen molar-refractivity contribution in [1.82, 2.24) is 15.5 Å². The maximum atomic E-state index is 12.2. The van der Waals surface area contributed by atoms with Crippen molar-refractivity contribution >= 4 is 5.91 Å². The van der Waals surface area contributed by atoms with Crippen molar-refractivity contribution in [3.05, 3.63) is 24.2 Å². The molecule has 2 N–H and O–H groups in total. The second-order valence-corrected chi connectivity index (χ2v) is 6.48. The molecule has 3 atom stereocenters. The largest absolute Gasteiger partial charge is 0.467 e. The van der Waals surface area contributed by atoms with Crippen molar-refractivity contribution in [2.75, 3.05) is 13.6 Å². The normalized spacial score (nSPS) is 29.6. The lowest BCUT2D eigenvalue weighted by atomic mass is 9.98. The molecule has 1 amide bonds. The Kier molecular flexibility index (Phi) is 4.31. The first-order valence-electron chi connectivity index (χ1n) is 7.91. The van der Waals surface area contributed by atoms with Crippen molar-refractivity contribution in [1.29, 1.82) is 0 Å². The van der Waals surface area contributed by atoms with Crippen LogP contribution in [0.3, 0.4) is 0 Å². The van der Waals surface area contributed by atoms with Crippen LogP contribution in [0.2, 0.25) is 0 Å². The lowest BCUT2D eigenvalue weighted by Crippen LogP contribution is -2.49. The number of nitrogens with one attached hydrogen (secondary N) is 2. The average molecular weight is 291 g/mol. The summed E-state index contributed by atoms with van der Waals surface area (Å²) in [6.07, 6.45) is 6.53. The van der Waals surface area contributed by atoms with E-state index in [0.717, 1.165) is 18.6 Å². The van der Waals surface area contributed by atoms with Crippen molar-refractivity contribution in [3.63, 3.8) is 0 Å². The van der Waals surface area contributed by atoms with Gasteiger partial charge in [0.25, 0.3) is 0 Å². The fraction of sp³-hybridized carbons (Fsp3) is 0.688. The molecular formula is C16H25N3O2. The van der Waals surface area contributed by atoms with E-state index < -0.39 is 0 Å². The van der Waals surface area contributed by atoms with E-state index in [4.69, 9.17) is 4.42 Å². The highest BCUT2D eigenvalue weighted by Crippen LogP contribution is 2.29. The second kappa shape index (κ2) is 6.20. The van der Waals surface area contributed by atoms with Gasteiger partial charge in [0.2, 0.25) is 5.91 Å². The quantitative estimate of drug-likeness (QED) is 0.866. The monoisotopic (exact) mass is 291 g/mol. The Balaban J connectivity index is 1.48. The zero-order valence-electron chi connectivity index (χ0n) is 12.8. The van der Waals surface area contributed by atoms with E-state index in [2.05, 4.69) is 22.6 Å². The molecule has 2 aliphatic rings. The van der Waals surface area contributed by atoms with Gasteiger partial charge in [0, 0.05) is 18.1 Å². The van der Waals surface area contributed by atoms with E-state index in [0.29, 0.717) is 24.7 Å². The third-order valence-corrected chi connectivity index (χ3v) is 4.81. The molecule has 2 aliphatic heterocycles. The number of carbonyl (C=O) groups excluding carboxylic acids is 1.